The Morgan fingerprint density at radius 2 is 1.36 bits per heavy atom. The van der Waals surface area contributed by atoms with Crippen molar-refractivity contribution in [2.45, 2.75) is 27.1 Å². The van der Waals surface area contributed by atoms with Gasteiger partial charge in [-0.15, -0.1) is 0 Å². The molecule has 28 heavy (non-hydrogen) atoms. The van der Waals surface area contributed by atoms with Crippen molar-refractivity contribution in [2.24, 2.45) is 0 Å². The number of rotatable bonds is 6. The maximum atomic E-state index is 11.7. The van der Waals surface area contributed by atoms with Gasteiger partial charge in [0.1, 0.15) is 6.61 Å². The van der Waals surface area contributed by atoms with Gasteiger partial charge in [0, 0.05) is 5.57 Å². The number of benzene rings is 3. The van der Waals surface area contributed by atoms with Crippen LogP contribution >= 0.6 is 0 Å². The lowest BCUT2D eigenvalue weighted by Crippen LogP contribution is -2.06. The van der Waals surface area contributed by atoms with Crippen molar-refractivity contribution < 1.29 is 14.6 Å². The molecule has 3 aromatic carbocycles. The van der Waals surface area contributed by atoms with Crippen LogP contribution in [0, 0.1) is 6.92 Å². The van der Waals surface area contributed by atoms with Crippen LogP contribution in [0.25, 0.3) is 22.3 Å². The number of hydrogen-bond donors (Lipinski definition) is 1. The van der Waals surface area contributed by atoms with Gasteiger partial charge in [-0.2, -0.15) is 0 Å². The average molecular weight is 372 g/mol. The number of aryl methyl sites for hydroxylation is 1. The van der Waals surface area contributed by atoms with E-state index in [4.69, 9.17) is 4.74 Å². The molecule has 3 aromatic rings. The quantitative estimate of drug-likeness (QED) is 0.463. The minimum absolute atomic E-state index is 0.105. The van der Waals surface area contributed by atoms with Gasteiger partial charge in [0.2, 0.25) is 0 Å². The van der Waals surface area contributed by atoms with Crippen molar-refractivity contribution >= 4 is 5.97 Å². The van der Waals surface area contributed by atoms with Crippen LogP contribution < -0.4 is 0 Å². The van der Waals surface area contributed by atoms with Gasteiger partial charge in [-0.05, 0) is 53.3 Å². The Balaban J connectivity index is 1.84. The van der Waals surface area contributed by atoms with Gasteiger partial charge in [-0.1, -0.05) is 72.8 Å². The van der Waals surface area contributed by atoms with Crippen LogP contribution in [-0.4, -0.2) is 11.1 Å². The first-order valence-electron chi connectivity index (χ1n) is 9.20. The molecule has 0 saturated heterocycles. The number of hydrogen-bond acceptors (Lipinski definition) is 3. The van der Waals surface area contributed by atoms with E-state index in [2.05, 4.69) is 62.0 Å². The highest BCUT2D eigenvalue weighted by Gasteiger charge is 2.09. The molecule has 3 rings (SSSR count). The molecule has 1 N–H and O–H groups in total. The summed E-state index contributed by atoms with van der Waals surface area (Å²) in [7, 11) is 0. The van der Waals surface area contributed by atoms with Gasteiger partial charge in [0.25, 0.3) is 0 Å². The number of aliphatic hydroxyl groups is 1. The minimum Gasteiger partial charge on any atom is -0.457 e. The molecule has 3 nitrogen and oxygen atoms in total. The molecule has 0 heterocycles. The lowest BCUT2D eigenvalue weighted by Gasteiger charge is -2.12. The predicted molar refractivity (Wildman–Crippen MR) is 113 cm³/mol. The van der Waals surface area contributed by atoms with Gasteiger partial charge < -0.3 is 9.84 Å². The van der Waals surface area contributed by atoms with E-state index in [1.807, 2.05) is 18.2 Å². The first-order valence-corrected chi connectivity index (χ1v) is 9.20. The van der Waals surface area contributed by atoms with Crippen molar-refractivity contribution in [3.05, 3.63) is 95.6 Å². The van der Waals surface area contributed by atoms with Crippen molar-refractivity contribution in [2.75, 3.05) is 0 Å². The number of aliphatic hydroxyl groups excluding tert-OH is 1. The lowest BCUT2D eigenvalue weighted by molar-refractivity contribution is -0.140. The van der Waals surface area contributed by atoms with E-state index < -0.39 is 5.97 Å². The molecule has 0 radical (unpaired) electrons. The summed E-state index contributed by atoms with van der Waals surface area (Å²) >= 11 is 0. The first kappa shape index (κ1) is 19.6. The van der Waals surface area contributed by atoms with E-state index in [1.54, 1.807) is 6.92 Å². The third-order valence-electron chi connectivity index (χ3n) is 4.69. The summed E-state index contributed by atoms with van der Waals surface area (Å²) in [4.78, 5) is 11.7. The standard InChI is InChI=1S/C25H24O3/c1-17(2)25(27)28-16-24-14-22(12-13-23(24)15-26)21-10-8-20(9-11-21)19-6-4-18(3)5-7-19/h4-14,26H,1,15-16H2,2-3H3. The lowest BCUT2D eigenvalue weighted by atomic mass is 9.97. The largest absolute Gasteiger partial charge is 0.457 e. The number of ether oxygens (including phenoxy) is 1. The first-order chi connectivity index (χ1) is 13.5. The fraction of sp³-hybridized carbons (Fsp3) is 0.160. The Kier molecular flexibility index (Phi) is 6.07. The molecule has 0 amide bonds. The Morgan fingerprint density at radius 3 is 1.89 bits per heavy atom. The second-order valence-corrected chi connectivity index (χ2v) is 6.94. The van der Waals surface area contributed by atoms with Gasteiger partial charge in [0.05, 0.1) is 6.61 Å². The highest BCUT2D eigenvalue weighted by molar-refractivity contribution is 5.87. The van der Waals surface area contributed by atoms with Gasteiger partial charge >= 0.3 is 5.97 Å². The summed E-state index contributed by atoms with van der Waals surface area (Å²) in [6, 6.07) is 22.6. The van der Waals surface area contributed by atoms with Gasteiger partial charge in [-0.3, -0.25) is 0 Å². The molecule has 0 bridgehead atoms. The minimum atomic E-state index is -0.434. The summed E-state index contributed by atoms with van der Waals surface area (Å²) < 4.78 is 5.26. The van der Waals surface area contributed by atoms with Crippen LogP contribution in [-0.2, 0) is 22.7 Å². The summed E-state index contributed by atoms with van der Waals surface area (Å²) in [5.41, 5.74) is 7.54. The van der Waals surface area contributed by atoms with E-state index >= 15 is 0 Å². The van der Waals surface area contributed by atoms with Crippen molar-refractivity contribution in [3.63, 3.8) is 0 Å². The zero-order valence-corrected chi connectivity index (χ0v) is 16.2. The highest BCUT2D eigenvalue weighted by atomic mass is 16.5. The van der Waals surface area contributed by atoms with Crippen LogP contribution in [0.2, 0.25) is 0 Å². The molecule has 0 fully saturated rings. The third-order valence-corrected chi connectivity index (χ3v) is 4.69. The Bertz CT molecular complexity index is 983. The summed E-state index contributed by atoms with van der Waals surface area (Å²) in [6.45, 7) is 7.28. The fourth-order valence-corrected chi connectivity index (χ4v) is 2.96. The molecule has 0 spiro atoms. The normalized spacial score (nSPS) is 10.5. The molecule has 0 atom stereocenters. The maximum Gasteiger partial charge on any atom is 0.333 e. The van der Waals surface area contributed by atoms with E-state index in [9.17, 15) is 9.90 Å². The van der Waals surface area contributed by atoms with E-state index in [0.717, 1.165) is 27.8 Å². The number of carbonyl (C=O) groups is 1. The monoisotopic (exact) mass is 372 g/mol. The fourth-order valence-electron chi connectivity index (χ4n) is 2.96. The van der Waals surface area contributed by atoms with Crippen LogP contribution in [0.3, 0.4) is 0 Å². The Labute approximate surface area is 165 Å². The third kappa shape index (κ3) is 4.56. The molecular weight excluding hydrogens is 348 g/mol. The Hall–Kier alpha value is -3.17. The van der Waals surface area contributed by atoms with Crippen LogP contribution in [0.1, 0.15) is 23.6 Å². The zero-order valence-electron chi connectivity index (χ0n) is 16.2. The zero-order chi connectivity index (χ0) is 20.1. The molecular formula is C25H24O3. The highest BCUT2D eigenvalue weighted by Crippen LogP contribution is 2.27. The topological polar surface area (TPSA) is 46.5 Å². The molecule has 0 unspecified atom stereocenters. The van der Waals surface area contributed by atoms with E-state index in [-0.39, 0.29) is 13.2 Å². The van der Waals surface area contributed by atoms with Crippen LogP contribution in [0.15, 0.2) is 78.9 Å². The summed E-state index contributed by atoms with van der Waals surface area (Å²) in [5, 5.41) is 9.58. The SMILES string of the molecule is C=C(C)C(=O)OCc1cc(-c2ccc(-c3ccc(C)cc3)cc2)ccc1CO. The predicted octanol–water partition coefficient (Wildman–Crippen LogP) is 5.44. The van der Waals surface area contributed by atoms with Crippen LogP contribution in [0.4, 0.5) is 0 Å². The van der Waals surface area contributed by atoms with Gasteiger partial charge in [-0.25, -0.2) is 4.79 Å². The molecule has 142 valence electrons. The van der Waals surface area contributed by atoms with Crippen molar-refractivity contribution in [1.82, 2.24) is 0 Å². The van der Waals surface area contributed by atoms with Crippen molar-refractivity contribution in [1.29, 1.82) is 0 Å². The second-order valence-electron chi connectivity index (χ2n) is 6.94. The molecule has 0 aliphatic heterocycles. The molecule has 0 aliphatic rings. The van der Waals surface area contributed by atoms with Crippen molar-refractivity contribution in [3.8, 4) is 22.3 Å². The summed E-state index contributed by atoms with van der Waals surface area (Å²) in [5.74, 6) is -0.434. The van der Waals surface area contributed by atoms with E-state index in [0.29, 0.717) is 5.57 Å². The smallest absolute Gasteiger partial charge is 0.333 e. The molecule has 3 heteroatoms. The average Bonchev–Trinajstić information content (AvgIpc) is 2.72. The van der Waals surface area contributed by atoms with Gasteiger partial charge in [0.15, 0.2) is 0 Å². The second kappa shape index (κ2) is 8.68. The number of esters is 1. The van der Waals surface area contributed by atoms with Crippen LogP contribution in [0.5, 0.6) is 0 Å². The molecule has 0 aromatic heterocycles. The molecule has 0 aliphatic carbocycles. The molecule has 0 saturated carbocycles. The Morgan fingerprint density at radius 1 is 0.857 bits per heavy atom. The maximum absolute atomic E-state index is 11.7. The number of carbonyl (C=O) groups excluding carboxylic acids is 1. The summed E-state index contributed by atoms with van der Waals surface area (Å²) in [6.07, 6.45) is 0. The van der Waals surface area contributed by atoms with E-state index in [1.165, 1.54) is 11.1 Å².